The predicted octanol–water partition coefficient (Wildman–Crippen LogP) is 41.3. The first kappa shape index (κ1) is 107. The second kappa shape index (κ2) is 41.1. The molecule has 18 aromatic rings. The molecule has 0 fully saturated rings. The molecule has 760 valence electrons. The highest BCUT2D eigenvalue weighted by Gasteiger charge is 2.43. The first-order valence-electron chi connectivity index (χ1n) is 52.8. The summed E-state index contributed by atoms with van der Waals surface area (Å²) in [4.78, 5) is 0. The zero-order valence-electron chi connectivity index (χ0n) is 92.2. The molecule has 0 aliphatic heterocycles. The lowest BCUT2D eigenvalue weighted by molar-refractivity contribution is 0.524. The van der Waals surface area contributed by atoms with Crippen molar-refractivity contribution in [2.75, 3.05) is 0 Å². The fourth-order valence-electron chi connectivity index (χ4n) is 23.4. The number of rotatable bonds is 8. The van der Waals surface area contributed by atoms with Gasteiger partial charge in [-0.05, 0) is 266 Å². The van der Waals surface area contributed by atoms with E-state index in [1.165, 1.54) is 89.0 Å². The van der Waals surface area contributed by atoms with Crippen LogP contribution >= 0.6 is 0 Å². The summed E-state index contributed by atoms with van der Waals surface area (Å²) in [7, 11) is 0. The largest absolute Gasteiger partial charge is 0.207 e. The average molecular weight is 1990 g/mol. The standard InChI is InChI=1S/4C25H25F.2C22H21F/c1-24(2,3)23-17(12-9-15-21(23)26)16-11-8-14-20-22(16)18-10-6-7-13-19(18)25(20,4)5;1-24(2,3)23-19(13-9-15-21(23)26)18-12-8-11-17-16-10-6-7-14-20(16)25(4,5)22(17)18;1-24(2,3)23-17(10-8-12-22(23)26)16-13-14-21-19(15-16)18-9-6-7-11-20(18)25(21,4)5;1-24(2,3)23-17(10-8-12-22(23)26)16-13-14-19-18-9-6-7-11-20(18)25(4,5)21(19)15-16;1-22(2,3)18-14-19(16-10-6-4-7-11-16)21(23)20(15-18)17-12-8-5-9-13-17;1-22(2,3)20-15-18(16-10-6-4-7-11-16)14-19(21(20)23)17-12-8-5-9-13-17/h4*6-15H,1-5H3;2*4-15H,1-3H3. The van der Waals surface area contributed by atoms with Gasteiger partial charge in [0.2, 0.25) is 0 Å². The first-order valence-corrected chi connectivity index (χ1v) is 52.8. The summed E-state index contributed by atoms with van der Waals surface area (Å²) in [6.45, 7) is 55.7. The molecule has 0 bridgehead atoms. The Balaban J connectivity index is 0.000000123. The monoisotopic (exact) mass is 1990 g/mol. The molecule has 0 saturated heterocycles. The van der Waals surface area contributed by atoms with Gasteiger partial charge in [-0.15, -0.1) is 0 Å². The Hall–Kier alpha value is -14.5. The zero-order valence-corrected chi connectivity index (χ0v) is 92.2. The summed E-state index contributed by atoms with van der Waals surface area (Å²) in [6, 6.07) is 130. The smallest absolute Gasteiger partial charge is 0.138 e. The van der Waals surface area contributed by atoms with Crippen molar-refractivity contribution in [2.45, 2.75) is 234 Å². The molecular weight excluding hydrogens is 1840 g/mol. The van der Waals surface area contributed by atoms with Crippen molar-refractivity contribution >= 4 is 0 Å². The van der Waals surface area contributed by atoms with E-state index < -0.39 is 0 Å². The van der Waals surface area contributed by atoms with Gasteiger partial charge in [-0.3, -0.25) is 0 Å². The summed E-state index contributed by atoms with van der Waals surface area (Å²) >= 11 is 0. The minimum absolute atomic E-state index is 0.000742. The van der Waals surface area contributed by atoms with Crippen LogP contribution in [0.2, 0.25) is 0 Å². The van der Waals surface area contributed by atoms with E-state index in [1.54, 1.807) is 24.3 Å². The second-order valence-corrected chi connectivity index (χ2v) is 49.0. The number of benzene rings is 18. The zero-order chi connectivity index (χ0) is 108. The lowest BCUT2D eigenvalue weighted by atomic mass is 9.75. The molecule has 4 aliphatic rings. The van der Waals surface area contributed by atoms with Gasteiger partial charge >= 0.3 is 0 Å². The van der Waals surface area contributed by atoms with E-state index in [0.717, 1.165) is 106 Å². The third-order valence-corrected chi connectivity index (χ3v) is 30.8. The highest BCUT2D eigenvalue weighted by Crippen LogP contribution is 2.58. The molecule has 0 saturated carbocycles. The van der Waals surface area contributed by atoms with Crippen LogP contribution in [0.25, 0.3) is 134 Å². The Bertz CT molecular complexity index is 7930. The second-order valence-electron chi connectivity index (χ2n) is 49.0. The Morgan fingerprint density at radius 1 is 0.160 bits per heavy atom. The number of fused-ring (bicyclic) bond motifs is 12. The highest BCUT2D eigenvalue weighted by molar-refractivity contribution is 5.95. The molecule has 0 spiro atoms. The highest BCUT2D eigenvalue weighted by atomic mass is 19.1. The van der Waals surface area contributed by atoms with Gasteiger partial charge in [-0.2, -0.15) is 0 Å². The summed E-state index contributed by atoms with van der Waals surface area (Å²) in [5.74, 6) is -0.785. The molecule has 0 heterocycles. The molecule has 0 atom stereocenters. The topological polar surface area (TPSA) is 0 Å². The molecule has 18 aromatic carbocycles. The molecule has 0 radical (unpaired) electrons. The van der Waals surface area contributed by atoms with E-state index in [9.17, 15) is 17.6 Å². The third kappa shape index (κ3) is 20.8. The summed E-state index contributed by atoms with van der Waals surface area (Å²) in [6.07, 6.45) is 0. The van der Waals surface area contributed by atoms with Crippen molar-refractivity contribution in [3.63, 3.8) is 0 Å². The number of hydrogen-bond donors (Lipinski definition) is 0. The van der Waals surface area contributed by atoms with Crippen LogP contribution in [0.3, 0.4) is 0 Å². The van der Waals surface area contributed by atoms with Crippen molar-refractivity contribution in [3.05, 3.63) is 501 Å². The van der Waals surface area contributed by atoms with Gasteiger partial charge in [0.25, 0.3) is 0 Å². The minimum atomic E-state index is -0.267. The molecule has 0 aromatic heterocycles. The molecule has 0 unspecified atom stereocenters. The summed E-state index contributed by atoms with van der Waals surface area (Å²) in [5, 5.41) is 0. The van der Waals surface area contributed by atoms with Gasteiger partial charge in [0.1, 0.15) is 34.9 Å². The molecule has 22 rings (SSSR count). The van der Waals surface area contributed by atoms with Gasteiger partial charge in [-0.25, -0.2) is 26.3 Å². The number of halogens is 6. The van der Waals surface area contributed by atoms with Gasteiger partial charge in [0.15, 0.2) is 0 Å². The molecule has 0 N–H and O–H groups in total. The predicted molar refractivity (Wildman–Crippen MR) is 624 cm³/mol. The van der Waals surface area contributed by atoms with E-state index >= 15 is 8.78 Å². The van der Waals surface area contributed by atoms with Gasteiger partial charge in [0, 0.05) is 60.6 Å². The fraction of sp³-hybridized carbons (Fsp3) is 0.250. The molecular formula is C144H142F6. The van der Waals surface area contributed by atoms with Crippen molar-refractivity contribution in [2.24, 2.45) is 0 Å². The Morgan fingerprint density at radius 3 is 0.873 bits per heavy atom. The van der Waals surface area contributed by atoms with Crippen LogP contribution in [0.15, 0.2) is 388 Å². The normalized spacial score (nSPS) is 13.8. The molecule has 0 amide bonds. The maximum Gasteiger partial charge on any atom is 0.138 e. The maximum absolute atomic E-state index is 15.2. The van der Waals surface area contributed by atoms with E-state index in [-0.39, 0.29) is 89.1 Å². The van der Waals surface area contributed by atoms with Crippen molar-refractivity contribution < 1.29 is 26.3 Å². The van der Waals surface area contributed by atoms with Gasteiger partial charge < -0.3 is 0 Å². The van der Waals surface area contributed by atoms with E-state index in [2.05, 4.69) is 374 Å². The van der Waals surface area contributed by atoms with E-state index in [4.69, 9.17) is 0 Å². The quantitative estimate of drug-likeness (QED) is 0.133. The lowest BCUT2D eigenvalue weighted by Crippen LogP contribution is -2.19. The van der Waals surface area contributed by atoms with Crippen molar-refractivity contribution in [1.82, 2.24) is 0 Å². The Kier molecular flexibility index (Phi) is 29.3. The first-order chi connectivity index (χ1) is 70.8. The molecule has 6 heteroatoms. The van der Waals surface area contributed by atoms with Crippen LogP contribution in [0.1, 0.15) is 258 Å². The van der Waals surface area contributed by atoms with Gasteiger partial charge in [-0.1, -0.05) is 508 Å². The van der Waals surface area contributed by atoms with E-state index in [0.29, 0.717) is 16.7 Å². The number of hydrogen-bond acceptors (Lipinski definition) is 0. The minimum Gasteiger partial charge on any atom is -0.207 e. The SMILES string of the molecule is CC(C)(C)c1c(F)cccc1-c1ccc2c(c1)-c1ccccc1C2(C)C.CC(C)(C)c1c(F)cccc1-c1ccc2c(c1)C(C)(C)c1ccccc1-2.CC(C)(C)c1c(F)cccc1-c1cccc2c1-c1ccccc1C2(C)C.CC(C)(C)c1c(F)cccc1-c1cccc2c1C(C)(C)c1ccccc1-2.CC(C)(C)c1cc(-c2ccccc2)c(F)c(-c2ccccc2)c1.CC(C)(C)c1cc(-c2ccccc2)cc(-c2ccccc2)c1F. The summed E-state index contributed by atoms with van der Waals surface area (Å²) in [5.41, 5.74) is 39.8. The van der Waals surface area contributed by atoms with Gasteiger partial charge in [0.05, 0.1) is 0 Å². The molecule has 4 aliphatic carbocycles. The van der Waals surface area contributed by atoms with Crippen LogP contribution in [0, 0.1) is 34.9 Å². The maximum atomic E-state index is 15.2. The van der Waals surface area contributed by atoms with E-state index in [1.807, 2.05) is 170 Å². The van der Waals surface area contributed by atoms with Crippen LogP contribution < -0.4 is 0 Å². The van der Waals surface area contributed by atoms with Crippen molar-refractivity contribution in [1.29, 1.82) is 0 Å². The van der Waals surface area contributed by atoms with Crippen LogP contribution in [0.5, 0.6) is 0 Å². The lowest BCUT2D eigenvalue weighted by Gasteiger charge is -2.28. The third-order valence-electron chi connectivity index (χ3n) is 30.8. The summed E-state index contributed by atoms with van der Waals surface area (Å²) < 4.78 is 89.4. The van der Waals surface area contributed by atoms with Crippen LogP contribution in [-0.2, 0) is 54.1 Å². The van der Waals surface area contributed by atoms with Crippen molar-refractivity contribution in [3.8, 4) is 134 Å². The Morgan fingerprint density at radius 2 is 0.440 bits per heavy atom. The van der Waals surface area contributed by atoms with Crippen LogP contribution in [0.4, 0.5) is 26.3 Å². The Labute approximate surface area is 889 Å². The molecule has 0 nitrogen and oxygen atoms in total. The molecule has 150 heavy (non-hydrogen) atoms. The average Bonchev–Trinajstić information content (AvgIpc) is 1.60. The van der Waals surface area contributed by atoms with Crippen LogP contribution in [-0.4, -0.2) is 0 Å². The fourth-order valence-corrected chi connectivity index (χ4v) is 23.4.